The quantitative estimate of drug-likeness (QED) is 0.754. The minimum atomic E-state index is -0.285. The lowest BCUT2D eigenvalue weighted by molar-refractivity contribution is -0.223. The standard InChI is InChI=1S/C14H24O3/c1-3-15-12-8-11-14(9-6-5-7-10-14)17-13(12)16-4-2/h8,13H,3-7,9-11H2,1-2H3. The van der Waals surface area contributed by atoms with Crippen LogP contribution in [0.2, 0.25) is 0 Å². The summed E-state index contributed by atoms with van der Waals surface area (Å²) in [7, 11) is 0. The van der Waals surface area contributed by atoms with E-state index < -0.39 is 0 Å². The Balaban J connectivity index is 2.05. The molecule has 1 atom stereocenters. The van der Waals surface area contributed by atoms with Crippen molar-refractivity contribution in [1.82, 2.24) is 0 Å². The van der Waals surface area contributed by atoms with E-state index in [1.807, 2.05) is 13.8 Å². The van der Waals surface area contributed by atoms with Crippen LogP contribution in [0.3, 0.4) is 0 Å². The summed E-state index contributed by atoms with van der Waals surface area (Å²) >= 11 is 0. The normalized spacial score (nSPS) is 27.9. The SMILES string of the molecule is CCOC1=CCC2(CCCCC2)OC1OCC. The molecular weight excluding hydrogens is 216 g/mol. The van der Waals surface area contributed by atoms with Gasteiger partial charge in [0.25, 0.3) is 0 Å². The zero-order chi connectivity index (χ0) is 12.1. The van der Waals surface area contributed by atoms with Gasteiger partial charge in [0, 0.05) is 6.61 Å². The second-order valence-corrected chi connectivity index (χ2v) is 4.89. The Morgan fingerprint density at radius 1 is 1.24 bits per heavy atom. The lowest BCUT2D eigenvalue weighted by Gasteiger charge is -2.42. The van der Waals surface area contributed by atoms with E-state index in [0.717, 1.165) is 25.0 Å². The molecule has 3 heteroatoms. The van der Waals surface area contributed by atoms with Gasteiger partial charge in [-0.2, -0.15) is 0 Å². The second kappa shape index (κ2) is 5.87. The third-order valence-corrected chi connectivity index (χ3v) is 3.66. The van der Waals surface area contributed by atoms with Crippen molar-refractivity contribution in [2.75, 3.05) is 13.2 Å². The van der Waals surface area contributed by atoms with E-state index in [-0.39, 0.29) is 11.9 Å². The van der Waals surface area contributed by atoms with Crippen molar-refractivity contribution in [3.8, 4) is 0 Å². The predicted molar refractivity (Wildman–Crippen MR) is 66.6 cm³/mol. The van der Waals surface area contributed by atoms with Gasteiger partial charge in [-0.25, -0.2) is 0 Å². The van der Waals surface area contributed by atoms with Crippen LogP contribution in [0.25, 0.3) is 0 Å². The van der Waals surface area contributed by atoms with Gasteiger partial charge in [0.2, 0.25) is 6.29 Å². The van der Waals surface area contributed by atoms with Crippen LogP contribution in [0.15, 0.2) is 11.8 Å². The van der Waals surface area contributed by atoms with E-state index in [9.17, 15) is 0 Å². The highest BCUT2D eigenvalue weighted by Crippen LogP contribution is 2.40. The van der Waals surface area contributed by atoms with Crippen molar-refractivity contribution in [1.29, 1.82) is 0 Å². The molecule has 0 amide bonds. The first-order valence-corrected chi connectivity index (χ1v) is 6.92. The summed E-state index contributed by atoms with van der Waals surface area (Å²) in [4.78, 5) is 0. The highest BCUT2D eigenvalue weighted by Gasteiger charge is 2.39. The van der Waals surface area contributed by atoms with Crippen molar-refractivity contribution in [2.45, 2.75) is 64.3 Å². The Morgan fingerprint density at radius 2 is 2.00 bits per heavy atom. The van der Waals surface area contributed by atoms with E-state index in [1.54, 1.807) is 0 Å². The molecule has 0 bridgehead atoms. The van der Waals surface area contributed by atoms with E-state index in [2.05, 4.69) is 6.08 Å². The lowest BCUT2D eigenvalue weighted by atomic mass is 9.81. The average molecular weight is 240 g/mol. The molecule has 1 saturated carbocycles. The van der Waals surface area contributed by atoms with Gasteiger partial charge < -0.3 is 14.2 Å². The van der Waals surface area contributed by atoms with Crippen molar-refractivity contribution < 1.29 is 14.2 Å². The third-order valence-electron chi connectivity index (χ3n) is 3.66. The molecule has 2 aliphatic rings. The Hall–Kier alpha value is -0.540. The van der Waals surface area contributed by atoms with Gasteiger partial charge in [-0.1, -0.05) is 19.3 Å². The molecule has 1 aliphatic heterocycles. The first-order valence-electron chi connectivity index (χ1n) is 6.92. The zero-order valence-corrected chi connectivity index (χ0v) is 11.0. The summed E-state index contributed by atoms with van der Waals surface area (Å²) in [6.07, 6.45) is 9.08. The molecule has 3 nitrogen and oxygen atoms in total. The predicted octanol–water partition coefficient (Wildman–Crippen LogP) is 3.39. The smallest absolute Gasteiger partial charge is 0.216 e. The van der Waals surface area contributed by atoms with Crippen molar-refractivity contribution in [3.63, 3.8) is 0 Å². The summed E-state index contributed by atoms with van der Waals surface area (Å²) in [5, 5.41) is 0. The maximum absolute atomic E-state index is 6.20. The van der Waals surface area contributed by atoms with Gasteiger partial charge >= 0.3 is 0 Å². The molecule has 1 spiro atoms. The Bertz CT molecular complexity index is 267. The summed E-state index contributed by atoms with van der Waals surface area (Å²) in [5.41, 5.74) is 0.0265. The molecule has 0 aromatic heterocycles. The highest BCUT2D eigenvalue weighted by atomic mass is 16.7. The van der Waals surface area contributed by atoms with Crippen molar-refractivity contribution in [3.05, 3.63) is 11.8 Å². The molecule has 1 aliphatic carbocycles. The maximum Gasteiger partial charge on any atom is 0.216 e. The minimum Gasteiger partial charge on any atom is -0.493 e. The third kappa shape index (κ3) is 3.02. The molecule has 0 aromatic rings. The van der Waals surface area contributed by atoms with Gasteiger partial charge in [-0.3, -0.25) is 0 Å². The highest BCUT2D eigenvalue weighted by molar-refractivity contribution is 5.07. The number of ether oxygens (including phenoxy) is 3. The van der Waals surface area contributed by atoms with E-state index in [4.69, 9.17) is 14.2 Å². The Kier molecular flexibility index (Phi) is 4.46. The molecule has 2 rings (SSSR count). The fraction of sp³-hybridized carbons (Fsp3) is 0.857. The van der Waals surface area contributed by atoms with E-state index >= 15 is 0 Å². The van der Waals surface area contributed by atoms with Gasteiger partial charge in [0.15, 0.2) is 0 Å². The van der Waals surface area contributed by atoms with Crippen molar-refractivity contribution >= 4 is 0 Å². The summed E-state index contributed by atoms with van der Waals surface area (Å²) < 4.78 is 17.5. The lowest BCUT2D eigenvalue weighted by Crippen LogP contribution is -2.43. The first kappa shape index (κ1) is 12.9. The fourth-order valence-corrected chi connectivity index (χ4v) is 2.80. The zero-order valence-electron chi connectivity index (χ0n) is 11.0. The summed E-state index contributed by atoms with van der Waals surface area (Å²) in [6, 6.07) is 0. The molecule has 0 radical (unpaired) electrons. The molecule has 1 heterocycles. The molecule has 1 unspecified atom stereocenters. The van der Waals surface area contributed by atoms with Crippen LogP contribution in [-0.4, -0.2) is 25.1 Å². The first-order chi connectivity index (χ1) is 8.29. The van der Waals surface area contributed by atoms with Crippen LogP contribution in [0, 0.1) is 0 Å². The molecule has 0 aromatic carbocycles. The van der Waals surface area contributed by atoms with Crippen molar-refractivity contribution in [2.24, 2.45) is 0 Å². The number of rotatable bonds is 4. The monoisotopic (exact) mass is 240 g/mol. The van der Waals surface area contributed by atoms with Gasteiger partial charge in [-0.15, -0.1) is 0 Å². The van der Waals surface area contributed by atoms with Gasteiger partial charge in [-0.05, 0) is 39.2 Å². The number of hydrogen-bond donors (Lipinski definition) is 0. The largest absolute Gasteiger partial charge is 0.493 e. The molecule has 1 fully saturated rings. The molecule has 0 saturated heterocycles. The topological polar surface area (TPSA) is 27.7 Å². The Labute approximate surface area is 104 Å². The fourth-order valence-electron chi connectivity index (χ4n) is 2.80. The molecule has 17 heavy (non-hydrogen) atoms. The van der Waals surface area contributed by atoms with E-state index in [0.29, 0.717) is 13.2 Å². The van der Waals surface area contributed by atoms with Gasteiger partial charge in [0.05, 0.1) is 12.2 Å². The average Bonchev–Trinajstić information content (AvgIpc) is 2.35. The van der Waals surface area contributed by atoms with Gasteiger partial charge in [0.1, 0.15) is 5.76 Å². The van der Waals surface area contributed by atoms with Crippen LogP contribution < -0.4 is 0 Å². The van der Waals surface area contributed by atoms with Crippen LogP contribution in [0.5, 0.6) is 0 Å². The summed E-state index contributed by atoms with van der Waals surface area (Å²) in [6.45, 7) is 5.32. The van der Waals surface area contributed by atoms with Crippen LogP contribution in [0.4, 0.5) is 0 Å². The molecule has 98 valence electrons. The summed E-state index contributed by atoms with van der Waals surface area (Å²) in [5.74, 6) is 0.866. The van der Waals surface area contributed by atoms with Crippen LogP contribution in [0.1, 0.15) is 52.4 Å². The molecular formula is C14H24O3. The van der Waals surface area contributed by atoms with Crippen LogP contribution >= 0.6 is 0 Å². The number of hydrogen-bond acceptors (Lipinski definition) is 3. The van der Waals surface area contributed by atoms with Crippen LogP contribution in [-0.2, 0) is 14.2 Å². The Morgan fingerprint density at radius 3 is 2.65 bits per heavy atom. The maximum atomic E-state index is 6.20. The molecule has 0 N–H and O–H groups in total. The second-order valence-electron chi connectivity index (χ2n) is 4.89. The van der Waals surface area contributed by atoms with E-state index in [1.165, 1.54) is 19.3 Å². The minimum absolute atomic E-state index is 0.0265.